The molecule has 5 heteroatoms. The van der Waals surface area contributed by atoms with Crippen LogP contribution in [0.15, 0.2) is 0 Å². The number of hydrogen-bond acceptors (Lipinski definition) is 2. The predicted octanol–water partition coefficient (Wildman–Crippen LogP) is 3.28. The third-order valence-corrected chi connectivity index (χ3v) is 2.85. The van der Waals surface area contributed by atoms with Crippen LogP contribution in [0.3, 0.4) is 0 Å². The van der Waals surface area contributed by atoms with E-state index in [1.54, 1.807) is 0 Å². The van der Waals surface area contributed by atoms with Crippen LogP contribution < -0.4 is 5.32 Å². The second-order valence-corrected chi connectivity index (χ2v) is 5.32. The Bertz CT molecular complexity index is 205. The van der Waals surface area contributed by atoms with Crippen LogP contribution in [-0.4, -0.2) is 43.3 Å². The largest absolute Gasteiger partial charge is 0.401 e. The van der Waals surface area contributed by atoms with Crippen molar-refractivity contribution in [2.45, 2.75) is 52.8 Å². The maximum atomic E-state index is 12.4. The van der Waals surface area contributed by atoms with E-state index >= 15 is 0 Å². The first-order valence-corrected chi connectivity index (χ1v) is 6.77. The van der Waals surface area contributed by atoms with Crippen LogP contribution in [0.25, 0.3) is 0 Å². The summed E-state index contributed by atoms with van der Waals surface area (Å²) in [5.41, 5.74) is 0. The summed E-state index contributed by atoms with van der Waals surface area (Å²) in [4.78, 5) is 1.50. The van der Waals surface area contributed by atoms with Gasteiger partial charge in [-0.05, 0) is 38.8 Å². The fourth-order valence-corrected chi connectivity index (χ4v) is 1.80. The van der Waals surface area contributed by atoms with Gasteiger partial charge in [0.1, 0.15) is 0 Å². The highest BCUT2D eigenvalue weighted by Crippen LogP contribution is 2.18. The summed E-state index contributed by atoms with van der Waals surface area (Å²) in [5, 5.41) is 3.23. The molecule has 1 unspecified atom stereocenters. The average molecular weight is 268 g/mol. The van der Waals surface area contributed by atoms with E-state index in [-0.39, 0.29) is 6.04 Å². The number of alkyl halides is 3. The first kappa shape index (κ1) is 17.7. The lowest BCUT2D eigenvalue weighted by molar-refractivity contribution is -0.150. The van der Waals surface area contributed by atoms with E-state index in [1.807, 2.05) is 13.8 Å². The van der Waals surface area contributed by atoms with Crippen LogP contribution in [0.4, 0.5) is 13.2 Å². The minimum Gasteiger partial charge on any atom is -0.315 e. The van der Waals surface area contributed by atoms with Gasteiger partial charge in [-0.25, -0.2) is 0 Å². The molecular weight excluding hydrogens is 241 g/mol. The van der Waals surface area contributed by atoms with E-state index in [0.717, 1.165) is 19.4 Å². The molecule has 0 saturated heterocycles. The third-order valence-electron chi connectivity index (χ3n) is 2.85. The fraction of sp³-hybridized carbons (Fsp3) is 1.00. The van der Waals surface area contributed by atoms with Gasteiger partial charge >= 0.3 is 6.18 Å². The summed E-state index contributed by atoms with van der Waals surface area (Å²) in [6.07, 6.45) is -2.31. The minimum atomic E-state index is -4.11. The highest BCUT2D eigenvalue weighted by Gasteiger charge is 2.32. The predicted molar refractivity (Wildman–Crippen MR) is 69.7 cm³/mol. The van der Waals surface area contributed by atoms with Gasteiger partial charge in [-0.1, -0.05) is 20.8 Å². The number of rotatable bonds is 9. The number of nitrogens with zero attached hydrogens (tertiary/aromatic N) is 1. The lowest BCUT2D eigenvalue weighted by atomic mass is 10.1. The fourth-order valence-electron chi connectivity index (χ4n) is 1.80. The third kappa shape index (κ3) is 9.71. The van der Waals surface area contributed by atoms with Gasteiger partial charge in [0.2, 0.25) is 0 Å². The minimum absolute atomic E-state index is 0.0845. The lowest BCUT2D eigenvalue weighted by Crippen LogP contribution is -2.45. The second kappa shape index (κ2) is 8.75. The summed E-state index contributed by atoms with van der Waals surface area (Å²) in [6, 6.07) is -0.0845. The van der Waals surface area contributed by atoms with Crippen molar-refractivity contribution < 1.29 is 13.2 Å². The topological polar surface area (TPSA) is 15.3 Å². The van der Waals surface area contributed by atoms with E-state index in [0.29, 0.717) is 19.0 Å². The molecule has 0 bridgehead atoms. The van der Waals surface area contributed by atoms with E-state index in [1.165, 1.54) is 4.90 Å². The van der Waals surface area contributed by atoms with E-state index < -0.39 is 12.7 Å². The maximum absolute atomic E-state index is 12.4. The molecule has 0 saturated carbocycles. The summed E-state index contributed by atoms with van der Waals surface area (Å²) < 4.78 is 37.3. The van der Waals surface area contributed by atoms with Gasteiger partial charge in [0.25, 0.3) is 0 Å². The van der Waals surface area contributed by atoms with E-state index in [4.69, 9.17) is 0 Å². The molecule has 0 aliphatic rings. The van der Waals surface area contributed by atoms with Gasteiger partial charge < -0.3 is 5.32 Å². The first-order chi connectivity index (χ1) is 8.26. The Morgan fingerprint density at radius 3 is 2.22 bits per heavy atom. The molecule has 18 heavy (non-hydrogen) atoms. The zero-order valence-corrected chi connectivity index (χ0v) is 12.0. The Hall–Kier alpha value is -0.290. The van der Waals surface area contributed by atoms with Crippen molar-refractivity contribution in [2.75, 3.05) is 26.2 Å². The second-order valence-electron chi connectivity index (χ2n) is 5.32. The average Bonchev–Trinajstić information content (AvgIpc) is 2.21. The standard InChI is InChI=1S/C13H27F3N2/c1-5-8-18(10-13(14,15)16)12(4)9-17-7-6-11(2)3/h11-12,17H,5-10H2,1-4H3. The van der Waals surface area contributed by atoms with Crippen molar-refractivity contribution in [1.29, 1.82) is 0 Å². The first-order valence-electron chi connectivity index (χ1n) is 6.77. The molecule has 0 aromatic carbocycles. The van der Waals surface area contributed by atoms with Crippen molar-refractivity contribution in [3.8, 4) is 0 Å². The Morgan fingerprint density at radius 1 is 1.17 bits per heavy atom. The van der Waals surface area contributed by atoms with Crippen molar-refractivity contribution in [3.05, 3.63) is 0 Å². The molecule has 0 radical (unpaired) electrons. The zero-order chi connectivity index (χ0) is 14.2. The van der Waals surface area contributed by atoms with Crippen molar-refractivity contribution in [1.82, 2.24) is 10.2 Å². The summed E-state index contributed by atoms with van der Waals surface area (Å²) in [5.74, 6) is 0.620. The van der Waals surface area contributed by atoms with Gasteiger partial charge in [-0.2, -0.15) is 13.2 Å². The van der Waals surface area contributed by atoms with Gasteiger partial charge in [0, 0.05) is 12.6 Å². The number of nitrogens with one attached hydrogen (secondary N) is 1. The molecule has 0 aromatic rings. The molecule has 1 atom stereocenters. The molecule has 0 spiro atoms. The normalized spacial score (nSPS) is 14.5. The van der Waals surface area contributed by atoms with Crippen LogP contribution in [0.1, 0.15) is 40.5 Å². The lowest BCUT2D eigenvalue weighted by Gasteiger charge is -2.29. The van der Waals surface area contributed by atoms with Crippen LogP contribution in [0.5, 0.6) is 0 Å². The van der Waals surface area contributed by atoms with Crippen LogP contribution >= 0.6 is 0 Å². The van der Waals surface area contributed by atoms with Crippen molar-refractivity contribution in [2.24, 2.45) is 5.92 Å². The summed E-state index contributed by atoms with van der Waals surface area (Å²) in [6.45, 7) is 9.19. The summed E-state index contributed by atoms with van der Waals surface area (Å²) in [7, 11) is 0. The Morgan fingerprint density at radius 2 is 1.78 bits per heavy atom. The maximum Gasteiger partial charge on any atom is 0.401 e. The number of hydrogen-bond donors (Lipinski definition) is 1. The highest BCUT2D eigenvalue weighted by molar-refractivity contribution is 4.72. The molecule has 0 aliphatic heterocycles. The van der Waals surface area contributed by atoms with Gasteiger partial charge in [0.15, 0.2) is 0 Å². The van der Waals surface area contributed by atoms with Gasteiger partial charge in [0.05, 0.1) is 6.54 Å². The highest BCUT2D eigenvalue weighted by atomic mass is 19.4. The molecule has 0 amide bonds. The van der Waals surface area contributed by atoms with Crippen LogP contribution in [0.2, 0.25) is 0 Å². The molecule has 0 aliphatic carbocycles. The molecule has 2 nitrogen and oxygen atoms in total. The smallest absolute Gasteiger partial charge is 0.315 e. The van der Waals surface area contributed by atoms with E-state index in [2.05, 4.69) is 19.2 Å². The molecule has 0 heterocycles. The molecule has 0 rings (SSSR count). The van der Waals surface area contributed by atoms with Gasteiger partial charge in [-0.3, -0.25) is 4.90 Å². The molecule has 0 fully saturated rings. The van der Waals surface area contributed by atoms with Gasteiger partial charge in [-0.15, -0.1) is 0 Å². The number of halogens is 3. The summed E-state index contributed by atoms with van der Waals surface area (Å²) >= 11 is 0. The Balaban J connectivity index is 4.02. The molecule has 0 aromatic heterocycles. The van der Waals surface area contributed by atoms with E-state index in [9.17, 15) is 13.2 Å². The van der Waals surface area contributed by atoms with Crippen LogP contribution in [-0.2, 0) is 0 Å². The monoisotopic (exact) mass is 268 g/mol. The van der Waals surface area contributed by atoms with Crippen molar-refractivity contribution >= 4 is 0 Å². The Labute approximate surface area is 109 Å². The van der Waals surface area contributed by atoms with Crippen molar-refractivity contribution in [3.63, 3.8) is 0 Å². The zero-order valence-electron chi connectivity index (χ0n) is 12.0. The molecule has 110 valence electrons. The molecular formula is C13H27F3N2. The SMILES string of the molecule is CCCN(CC(F)(F)F)C(C)CNCCC(C)C. The Kier molecular flexibility index (Phi) is 8.61. The quantitative estimate of drug-likeness (QED) is 0.646. The molecule has 1 N–H and O–H groups in total. The van der Waals surface area contributed by atoms with Crippen LogP contribution in [0, 0.1) is 5.92 Å².